The van der Waals surface area contributed by atoms with Crippen molar-refractivity contribution in [2.24, 2.45) is 5.92 Å². The van der Waals surface area contributed by atoms with E-state index in [1.165, 1.54) is 12.8 Å². The van der Waals surface area contributed by atoms with Crippen molar-refractivity contribution >= 4 is 17.4 Å². The van der Waals surface area contributed by atoms with Gasteiger partial charge in [0.2, 0.25) is 0 Å². The lowest BCUT2D eigenvalue weighted by Crippen LogP contribution is -2.21. The van der Waals surface area contributed by atoms with Crippen LogP contribution in [0.15, 0.2) is 6.07 Å². The van der Waals surface area contributed by atoms with Crippen molar-refractivity contribution in [1.29, 1.82) is 0 Å². The second kappa shape index (κ2) is 5.00. The lowest BCUT2D eigenvalue weighted by molar-refractivity contribution is 0.568. The van der Waals surface area contributed by atoms with E-state index < -0.39 is 0 Å². The molecule has 0 aromatic carbocycles. The Bertz CT molecular complexity index is 367. The van der Waals surface area contributed by atoms with Crippen LogP contribution >= 0.6 is 11.6 Å². The number of nitrogens with zero attached hydrogens (tertiary/aromatic N) is 3. The second-order valence-corrected chi connectivity index (χ2v) is 4.71. The van der Waals surface area contributed by atoms with Crippen LogP contribution in [0.3, 0.4) is 0 Å². The van der Waals surface area contributed by atoms with Crippen LogP contribution in [0.5, 0.6) is 0 Å². The van der Waals surface area contributed by atoms with Gasteiger partial charge in [-0.25, -0.2) is 9.97 Å². The Balaban J connectivity index is 2.17. The molecule has 0 bridgehead atoms. The summed E-state index contributed by atoms with van der Waals surface area (Å²) < 4.78 is 0. The molecule has 1 atom stereocenters. The Morgan fingerprint density at radius 2 is 2.25 bits per heavy atom. The highest BCUT2D eigenvalue weighted by Gasteiger charge is 2.22. The zero-order valence-corrected chi connectivity index (χ0v) is 10.7. The van der Waals surface area contributed by atoms with E-state index in [9.17, 15) is 0 Å². The van der Waals surface area contributed by atoms with Crippen LogP contribution in [0, 0.1) is 5.92 Å². The smallest absolute Gasteiger partial charge is 0.134 e. The summed E-state index contributed by atoms with van der Waals surface area (Å²) in [6.45, 7) is 6.49. The minimum absolute atomic E-state index is 0.557. The summed E-state index contributed by atoms with van der Waals surface area (Å²) in [5.41, 5.74) is 0. The van der Waals surface area contributed by atoms with Crippen LogP contribution in [0.4, 0.5) is 5.82 Å². The third kappa shape index (κ3) is 2.46. The first-order chi connectivity index (χ1) is 7.72. The summed E-state index contributed by atoms with van der Waals surface area (Å²) in [4.78, 5) is 11.0. The van der Waals surface area contributed by atoms with Crippen LogP contribution in [-0.4, -0.2) is 23.1 Å². The summed E-state index contributed by atoms with van der Waals surface area (Å²) >= 11 is 6.00. The molecule has 0 aliphatic carbocycles. The molecule has 88 valence electrons. The molecular weight excluding hydrogens is 222 g/mol. The average molecular weight is 240 g/mol. The van der Waals surface area contributed by atoms with Crippen molar-refractivity contribution in [3.63, 3.8) is 0 Å². The van der Waals surface area contributed by atoms with E-state index in [0.717, 1.165) is 37.1 Å². The summed E-state index contributed by atoms with van der Waals surface area (Å²) in [5, 5.41) is 0.557. The maximum Gasteiger partial charge on any atom is 0.134 e. The molecule has 0 saturated carbocycles. The largest absolute Gasteiger partial charge is 0.356 e. The molecule has 16 heavy (non-hydrogen) atoms. The van der Waals surface area contributed by atoms with Gasteiger partial charge in [0.25, 0.3) is 0 Å². The predicted octanol–water partition coefficient (Wildman–Crippen LogP) is 2.93. The SMILES string of the molecule is CCc1nc(Cl)cc(N2CCC(CC)C2)n1. The molecule has 3 nitrogen and oxygen atoms in total. The van der Waals surface area contributed by atoms with Crippen molar-refractivity contribution in [1.82, 2.24) is 9.97 Å². The third-order valence-electron chi connectivity index (χ3n) is 3.23. The van der Waals surface area contributed by atoms with Gasteiger partial charge in [-0.15, -0.1) is 0 Å². The van der Waals surface area contributed by atoms with Crippen molar-refractivity contribution in [2.75, 3.05) is 18.0 Å². The van der Waals surface area contributed by atoms with Gasteiger partial charge in [-0.3, -0.25) is 0 Å². The van der Waals surface area contributed by atoms with Crippen LogP contribution in [0.2, 0.25) is 5.15 Å². The van der Waals surface area contributed by atoms with Crippen molar-refractivity contribution < 1.29 is 0 Å². The number of hydrogen-bond acceptors (Lipinski definition) is 3. The number of rotatable bonds is 3. The molecule has 2 rings (SSSR count). The van der Waals surface area contributed by atoms with Crippen LogP contribution in [-0.2, 0) is 6.42 Å². The Morgan fingerprint density at radius 3 is 2.88 bits per heavy atom. The molecule has 1 saturated heterocycles. The first-order valence-corrected chi connectivity index (χ1v) is 6.39. The lowest BCUT2D eigenvalue weighted by Gasteiger charge is -2.17. The fourth-order valence-electron chi connectivity index (χ4n) is 2.15. The second-order valence-electron chi connectivity index (χ2n) is 4.33. The highest BCUT2D eigenvalue weighted by atomic mass is 35.5. The molecule has 1 unspecified atom stereocenters. The molecule has 1 aromatic heterocycles. The van der Waals surface area contributed by atoms with Gasteiger partial charge >= 0.3 is 0 Å². The Labute approximate surface area is 102 Å². The summed E-state index contributed by atoms with van der Waals surface area (Å²) in [6.07, 6.45) is 3.34. The molecule has 2 heterocycles. The topological polar surface area (TPSA) is 29.0 Å². The highest BCUT2D eigenvalue weighted by Crippen LogP contribution is 2.25. The predicted molar refractivity (Wildman–Crippen MR) is 67.0 cm³/mol. The zero-order valence-electron chi connectivity index (χ0n) is 9.91. The van der Waals surface area contributed by atoms with E-state index >= 15 is 0 Å². The number of anilines is 1. The average Bonchev–Trinajstić information content (AvgIpc) is 2.76. The molecule has 0 N–H and O–H groups in total. The zero-order chi connectivity index (χ0) is 11.5. The van der Waals surface area contributed by atoms with Gasteiger partial charge in [0.05, 0.1) is 0 Å². The third-order valence-corrected chi connectivity index (χ3v) is 3.42. The molecule has 4 heteroatoms. The van der Waals surface area contributed by atoms with Gasteiger partial charge in [-0.05, 0) is 12.3 Å². The Hall–Kier alpha value is -0.830. The number of hydrogen-bond donors (Lipinski definition) is 0. The molecule has 1 fully saturated rings. The molecule has 1 aromatic rings. The minimum atomic E-state index is 0.557. The van der Waals surface area contributed by atoms with E-state index in [0.29, 0.717) is 5.15 Å². The summed E-state index contributed by atoms with van der Waals surface area (Å²) in [6, 6.07) is 1.87. The fourth-order valence-corrected chi connectivity index (χ4v) is 2.34. The standard InChI is InChI=1S/C12H18ClN3/c1-3-9-5-6-16(8-9)12-7-10(13)14-11(4-2)15-12/h7,9H,3-6,8H2,1-2H3. The minimum Gasteiger partial charge on any atom is -0.356 e. The number of aryl methyl sites for hydroxylation is 1. The van der Waals surface area contributed by atoms with E-state index in [2.05, 4.69) is 21.8 Å². The number of aromatic nitrogens is 2. The molecule has 0 radical (unpaired) electrons. The van der Waals surface area contributed by atoms with E-state index in [4.69, 9.17) is 11.6 Å². The first kappa shape index (κ1) is 11.6. The van der Waals surface area contributed by atoms with Crippen molar-refractivity contribution in [3.05, 3.63) is 17.0 Å². The Morgan fingerprint density at radius 1 is 1.44 bits per heavy atom. The van der Waals surface area contributed by atoms with Gasteiger partial charge in [-0.2, -0.15) is 0 Å². The van der Waals surface area contributed by atoms with Gasteiger partial charge in [0.1, 0.15) is 16.8 Å². The first-order valence-electron chi connectivity index (χ1n) is 6.01. The summed E-state index contributed by atoms with van der Waals surface area (Å²) in [5.74, 6) is 2.63. The Kier molecular flexibility index (Phi) is 3.64. The molecule has 0 amide bonds. The van der Waals surface area contributed by atoms with Gasteiger partial charge in [0.15, 0.2) is 0 Å². The summed E-state index contributed by atoms with van der Waals surface area (Å²) in [7, 11) is 0. The normalized spacial score (nSPS) is 20.4. The van der Waals surface area contributed by atoms with Crippen molar-refractivity contribution in [3.8, 4) is 0 Å². The maximum absolute atomic E-state index is 6.00. The fraction of sp³-hybridized carbons (Fsp3) is 0.667. The molecule has 1 aliphatic heterocycles. The van der Waals surface area contributed by atoms with Gasteiger partial charge in [0, 0.05) is 25.6 Å². The molecule has 0 spiro atoms. The molecular formula is C12H18ClN3. The van der Waals surface area contributed by atoms with E-state index in [1.807, 2.05) is 13.0 Å². The van der Waals surface area contributed by atoms with E-state index in [-0.39, 0.29) is 0 Å². The van der Waals surface area contributed by atoms with E-state index in [1.54, 1.807) is 0 Å². The highest BCUT2D eigenvalue weighted by molar-refractivity contribution is 6.29. The monoisotopic (exact) mass is 239 g/mol. The van der Waals surface area contributed by atoms with Crippen LogP contribution in [0.25, 0.3) is 0 Å². The quantitative estimate of drug-likeness (QED) is 0.760. The number of halogens is 1. The van der Waals surface area contributed by atoms with Gasteiger partial charge < -0.3 is 4.90 Å². The van der Waals surface area contributed by atoms with Crippen molar-refractivity contribution in [2.45, 2.75) is 33.1 Å². The lowest BCUT2D eigenvalue weighted by atomic mass is 10.1. The van der Waals surface area contributed by atoms with Gasteiger partial charge in [-0.1, -0.05) is 31.9 Å². The van der Waals surface area contributed by atoms with Crippen LogP contribution < -0.4 is 4.90 Å². The molecule has 1 aliphatic rings. The maximum atomic E-state index is 6.00. The van der Waals surface area contributed by atoms with Crippen LogP contribution in [0.1, 0.15) is 32.5 Å².